The minimum Gasteiger partial charge on any atom is -0.469 e. The number of rotatable bonds is 7. The number of hydrogen-bond acceptors (Lipinski definition) is 5. The molecule has 1 rings (SSSR count). The molecule has 0 heterocycles. The molecular weight excluding hydrogens is 292 g/mol. The maximum absolute atomic E-state index is 12.4. The van der Waals surface area contributed by atoms with Crippen molar-refractivity contribution in [3.8, 4) is 6.07 Å². The molecule has 6 nitrogen and oxygen atoms in total. The zero-order chi connectivity index (χ0) is 15.9. The van der Waals surface area contributed by atoms with Crippen molar-refractivity contribution in [2.75, 3.05) is 20.2 Å². The number of carbonyl (C=O) groups is 1. The lowest BCUT2D eigenvalue weighted by Gasteiger charge is -2.20. The van der Waals surface area contributed by atoms with Crippen LogP contribution < -0.4 is 0 Å². The van der Waals surface area contributed by atoms with Crippen LogP contribution in [0.2, 0.25) is 0 Å². The van der Waals surface area contributed by atoms with Crippen LogP contribution in [0.4, 0.5) is 0 Å². The van der Waals surface area contributed by atoms with E-state index >= 15 is 0 Å². The summed E-state index contributed by atoms with van der Waals surface area (Å²) >= 11 is 0. The van der Waals surface area contributed by atoms with E-state index in [1.807, 2.05) is 6.07 Å². The Labute approximate surface area is 125 Å². The fourth-order valence-corrected chi connectivity index (χ4v) is 3.24. The average molecular weight is 310 g/mol. The number of methoxy groups -OCH3 is 1. The number of nitrogens with zero attached hydrogens (tertiary/aromatic N) is 2. The number of nitriles is 1. The van der Waals surface area contributed by atoms with E-state index in [1.54, 1.807) is 19.1 Å². The van der Waals surface area contributed by atoms with E-state index in [0.29, 0.717) is 0 Å². The Kier molecular flexibility index (Phi) is 6.34. The SMILES string of the molecule is CCN(CCC(=O)OC)S(=O)(=O)c1ccc(CC#N)cc1. The molecule has 0 amide bonds. The maximum atomic E-state index is 12.4. The summed E-state index contributed by atoms with van der Waals surface area (Å²) in [5.74, 6) is -0.451. The molecule has 0 fully saturated rings. The first-order valence-electron chi connectivity index (χ1n) is 6.48. The lowest BCUT2D eigenvalue weighted by atomic mass is 10.2. The van der Waals surface area contributed by atoms with Crippen LogP contribution in [-0.4, -0.2) is 38.9 Å². The summed E-state index contributed by atoms with van der Waals surface area (Å²) in [5, 5.41) is 8.60. The smallest absolute Gasteiger partial charge is 0.306 e. The van der Waals surface area contributed by atoms with E-state index < -0.39 is 16.0 Å². The predicted molar refractivity (Wildman–Crippen MR) is 76.8 cm³/mol. The minimum atomic E-state index is -3.64. The van der Waals surface area contributed by atoms with E-state index in [-0.39, 0.29) is 30.8 Å². The van der Waals surface area contributed by atoms with E-state index in [9.17, 15) is 13.2 Å². The summed E-state index contributed by atoms with van der Waals surface area (Å²) in [5.41, 5.74) is 0.758. The van der Waals surface area contributed by atoms with E-state index in [4.69, 9.17) is 5.26 Å². The highest BCUT2D eigenvalue weighted by Gasteiger charge is 2.23. The van der Waals surface area contributed by atoms with E-state index in [0.717, 1.165) is 5.56 Å². The number of ether oxygens (including phenoxy) is 1. The second-order valence-electron chi connectivity index (χ2n) is 4.30. The molecule has 0 spiro atoms. The van der Waals surface area contributed by atoms with Crippen LogP contribution in [0.5, 0.6) is 0 Å². The van der Waals surface area contributed by atoms with Crippen molar-refractivity contribution in [1.82, 2.24) is 4.31 Å². The lowest BCUT2D eigenvalue weighted by Crippen LogP contribution is -2.33. The van der Waals surface area contributed by atoms with E-state index in [2.05, 4.69) is 4.74 Å². The van der Waals surface area contributed by atoms with Gasteiger partial charge in [-0.1, -0.05) is 19.1 Å². The predicted octanol–water partition coefficient (Wildman–Crippen LogP) is 1.33. The number of hydrogen-bond donors (Lipinski definition) is 0. The average Bonchev–Trinajstić information content (AvgIpc) is 2.48. The van der Waals surface area contributed by atoms with Crippen LogP contribution in [0.1, 0.15) is 18.9 Å². The number of carbonyl (C=O) groups excluding carboxylic acids is 1. The highest BCUT2D eigenvalue weighted by atomic mass is 32.2. The van der Waals surface area contributed by atoms with Crippen molar-refractivity contribution < 1.29 is 17.9 Å². The van der Waals surface area contributed by atoms with Gasteiger partial charge < -0.3 is 4.74 Å². The number of esters is 1. The molecule has 0 saturated heterocycles. The van der Waals surface area contributed by atoms with Gasteiger partial charge in [0.15, 0.2) is 0 Å². The summed E-state index contributed by atoms with van der Waals surface area (Å²) in [6, 6.07) is 8.18. The molecule has 0 aliphatic rings. The minimum absolute atomic E-state index is 0.0100. The third kappa shape index (κ3) is 4.55. The van der Waals surface area contributed by atoms with Gasteiger partial charge in [0.05, 0.1) is 30.9 Å². The van der Waals surface area contributed by atoms with Crippen molar-refractivity contribution in [2.24, 2.45) is 0 Å². The summed E-state index contributed by atoms with van der Waals surface area (Å²) in [6.07, 6.45) is 0.246. The van der Waals surface area contributed by atoms with Gasteiger partial charge in [-0.2, -0.15) is 9.57 Å². The highest BCUT2D eigenvalue weighted by molar-refractivity contribution is 7.89. The quantitative estimate of drug-likeness (QED) is 0.709. The van der Waals surface area contributed by atoms with Gasteiger partial charge in [-0.3, -0.25) is 4.79 Å². The summed E-state index contributed by atoms with van der Waals surface area (Å²) in [7, 11) is -2.38. The van der Waals surface area contributed by atoms with Gasteiger partial charge in [-0.25, -0.2) is 8.42 Å². The molecule has 114 valence electrons. The Hall–Kier alpha value is -1.91. The standard InChI is InChI=1S/C14H18N2O4S/c1-3-16(11-9-14(17)20-2)21(18,19)13-6-4-12(5-7-13)8-10-15/h4-7H,3,8-9,11H2,1-2H3. The second kappa shape index (κ2) is 7.76. The van der Waals surface area contributed by atoms with Crippen LogP contribution in [0.15, 0.2) is 29.2 Å². The fraction of sp³-hybridized carbons (Fsp3) is 0.429. The molecule has 0 atom stereocenters. The molecule has 1 aromatic carbocycles. The fourth-order valence-electron chi connectivity index (χ4n) is 1.79. The molecule has 0 aliphatic carbocycles. The molecule has 0 saturated carbocycles. The van der Waals surface area contributed by atoms with Gasteiger partial charge >= 0.3 is 5.97 Å². The molecule has 0 radical (unpaired) electrons. The molecule has 0 bridgehead atoms. The van der Waals surface area contributed by atoms with Crippen molar-refractivity contribution in [1.29, 1.82) is 5.26 Å². The van der Waals surface area contributed by atoms with Crippen molar-refractivity contribution in [2.45, 2.75) is 24.7 Å². The topological polar surface area (TPSA) is 87.5 Å². The van der Waals surface area contributed by atoms with Gasteiger partial charge in [0.25, 0.3) is 0 Å². The van der Waals surface area contributed by atoms with Crippen LogP contribution in [0, 0.1) is 11.3 Å². The van der Waals surface area contributed by atoms with Gasteiger partial charge in [0.2, 0.25) is 10.0 Å². The molecule has 0 aliphatic heterocycles. The van der Waals surface area contributed by atoms with Gasteiger partial charge in [0, 0.05) is 13.1 Å². The van der Waals surface area contributed by atoms with Crippen molar-refractivity contribution in [3.05, 3.63) is 29.8 Å². The highest BCUT2D eigenvalue weighted by Crippen LogP contribution is 2.17. The largest absolute Gasteiger partial charge is 0.469 e. The second-order valence-corrected chi connectivity index (χ2v) is 6.24. The zero-order valence-electron chi connectivity index (χ0n) is 12.1. The van der Waals surface area contributed by atoms with Crippen LogP contribution in [0.25, 0.3) is 0 Å². The molecule has 0 N–H and O–H groups in total. The van der Waals surface area contributed by atoms with Gasteiger partial charge in [0.1, 0.15) is 0 Å². The molecule has 0 unspecified atom stereocenters. The first-order chi connectivity index (χ1) is 9.95. The molecule has 1 aromatic rings. The molecular formula is C14H18N2O4S. The van der Waals surface area contributed by atoms with Crippen LogP contribution in [-0.2, 0) is 26.0 Å². The third-order valence-electron chi connectivity index (χ3n) is 2.99. The summed E-state index contributed by atoms with van der Waals surface area (Å²) < 4.78 is 30.6. The van der Waals surface area contributed by atoms with Gasteiger partial charge in [-0.05, 0) is 17.7 Å². The first-order valence-corrected chi connectivity index (χ1v) is 7.92. The third-order valence-corrected chi connectivity index (χ3v) is 4.98. The normalized spacial score (nSPS) is 11.1. The Morgan fingerprint density at radius 1 is 1.33 bits per heavy atom. The molecule has 21 heavy (non-hydrogen) atoms. The summed E-state index contributed by atoms with van der Waals surface area (Å²) in [4.78, 5) is 11.3. The zero-order valence-corrected chi connectivity index (χ0v) is 12.9. The number of benzene rings is 1. The Morgan fingerprint density at radius 2 is 1.95 bits per heavy atom. The Bertz CT molecular complexity index is 617. The lowest BCUT2D eigenvalue weighted by molar-refractivity contribution is -0.140. The van der Waals surface area contributed by atoms with Crippen molar-refractivity contribution in [3.63, 3.8) is 0 Å². The molecule has 0 aromatic heterocycles. The van der Waals surface area contributed by atoms with Gasteiger partial charge in [-0.15, -0.1) is 0 Å². The summed E-state index contributed by atoms with van der Waals surface area (Å²) in [6.45, 7) is 2.05. The number of sulfonamides is 1. The van der Waals surface area contributed by atoms with Crippen LogP contribution in [0.3, 0.4) is 0 Å². The maximum Gasteiger partial charge on any atom is 0.306 e. The van der Waals surface area contributed by atoms with Crippen LogP contribution >= 0.6 is 0 Å². The van der Waals surface area contributed by atoms with E-state index in [1.165, 1.54) is 23.5 Å². The monoisotopic (exact) mass is 310 g/mol. The van der Waals surface area contributed by atoms with Crippen molar-refractivity contribution >= 4 is 16.0 Å². The molecule has 7 heteroatoms. The first kappa shape index (κ1) is 17.1. The Balaban J connectivity index is 2.91. The Morgan fingerprint density at radius 3 is 2.43 bits per heavy atom.